The number of carbonyl (C=O) groups excluding carboxylic acids is 1. The quantitative estimate of drug-likeness (QED) is 0.475. The van der Waals surface area contributed by atoms with E-state index in [0.717, 1.165) is 17.7 Å². The Morgan fingerprint density at radius 1 is 0.730 bits per heavy atom. The molecule has 0 unspecified atom stereocenters. The molecule has 2 aromatic carbocycles. The number of rotatable bonds is 9. The van der Waals surface area contributed by atoms with E-state index in [2.05, 4.69) is 11.8 Å². The first kappa shape index (κ1) is 27.4. The normalized spacial score (nSPS) is 16.7. The Bertz CT molecular complexity index is 1110. The Hall–Kier alpha value is -4.17. The zero-order chi connectivity index (χ0) is 26.9. The van der Waals surface area contributed by atoms with Gasteiger partial charge in [-0.15, -0.1) is 0 Å². The molecule has 0 amide bonds. The van der Waals surface area contributed by atoms with Crippen LogP contribution in [0, 0.1) is 0 Å². The number of piperidine rings is 1. The second-order valence-corrected chi connectivity index (χ2v) is 8.28. The van der Waals surface area contributed by atoms with Crippen molar-refractivity contribution in [2.24, 2.45) is 0 Å². The van der Waals surface area contributed by atoms with Crippen molar-refractivity contribution in [1.29, 1.82) is 0 Å². The number of likely N-dealkylation sites (tertiary alicyclic amines) is 1. The van der Waals surface area contributed by atoms with E-state index in [-0.39, 0.29) is 17.3 Å². The lowest BCUT2D eigenvalue weighted by atomic mass is 9.96. The highest BCUT2D eigenvalue weighted by atomic mass is 16.5. The molecule has 0 saturated carbocycles. The Labute approximate surface area is 217 Å². The van der Waals surface area contributed by atoms with Crippen LogP contribution in [-0.2, 0) is 4.79 Å². The first-order valence-corrected chi connectivity index (χ1v) is 11.8. The number of aromatic hydroxyl groups is 2. The van der Waals surface area contributed by atoms with Crippen LogP contribution in [0.25, 0.3) is 12.2 Å². The molecule has 0 aliphatic carbocycles. The second-order valence-electron chi connectivity index (χ2n) is 8.28. The van der Waals surface area contributed by atoms with Gasteiger partial charge in [0.2, 0.25) is 11.5 Å². The van der Waals surface area contributed by atoms with E-state index in [1.54, 1.807) is 36.4 Å². The van der Waals surface area contributed by atoms with E-state index in [4.69, 9.17) is 18.9 Å². The Morgan fingerprint density at radius 3 is 1.38 bits per heavy atom. The van der Waals surface area contributed by atoms with Gasteiger partial charge in [0.05, 0.1) is 28.4 Å². The zero-order valence-corrected chi connectivity index (χ0v) is 21.8. The van der Waals surface area contributed by atoms with Crippen LogP contribution < -0.4 is 18.9 Å². The van der Waals surface area contributed by atoms with Gasteiger partial charge in [0.1, 0.15) is 0 Å². The van der Waals surface area contributed by atoms with Crippen LogP contribution in [0.1, 0.15) is 18.1 Å². The van der Waals surface area contributed by atoms with Crippen LogP contribution in [0.3, 0.4) is 0 Å². The number of likely N-dealkylation sites (N-methyl/N-ethyl adjacent to an activating group) is 1. The van der Waals surface area contributed by atoms with Gasteiger partial charge in [-0.05, 0) is 41.9 Å². The highest BCUT2D eigenvalue weighted by Crippen LogP contribution is 2.38. The summed E-state index contributed by atoms with van der Waals surface area (Å²) >= 11 is 0. The summed E-state index contributed by atoms with van der Waals surface area (Å²) in [5.74, 6) is 1.08. The smallest absolute Gasteiger partial charge is 0.200 e. The SMILES string of the molecule is CCN1C/C(=C\C=C\c2cc(OC)c(O)c(OC)c2)C(=O)/C(=C/C=C/c2cc(OC)c(O)c(OC)c2)C1. The highest BCUT2D eigenvalue weighted by Gasteiger charge is 2.24. The van der Waals surface area contributed by atoms with Crippen molar-refractivity contribution in [3.63, 3.8) is 0 Å². The summed E-state index contributed by atoms with van der Waals surface area (Å²) in [6, 6.07) is 6.77. The van der Waals surface area contributed by atoms with E-state index in [0.29, 0.717) is 47.2 Å². The standard InChI is InChI=1S/C29H33NO7/c1-6-30-17-21(11-7-9-19-13-23(34-2)28(32)24(14-19)35-3)27(31)22(18-30)12-8-10-20-15-25(36-4)29(33)26(16-20)37-5/h7-16,32-33H,6,17-18H2,1-5H3/b9-7+,10-8+,21-11+,22-12+. The molecule has 2 N–H and O–H groups in total. The van der Waals surface area contributed by atoms with Gasteiger partial charge in [0.15, 0.2) is 28.8 Å². The number of hydrogen-bond acceptors (Lipinski definition) is 8. The molecule has 3 rings (SSSR count). The third-order valence-electron chi connectivity index (χ3n) is 5.99. The van der Waals surface area contributed by atoms with Gasteiger partial charge in [0, 0.05) is 24.2 Å². The summed E-state index contributed by atoms with van der Waals surface area (Å²) in [4.78, 5) is 15.4. The number of ketones is 1. The van der Waals surface area contributed by atoms with Crippen molar-refractivity contribution in [3.8, 4) is 34.5 Å². The van der Waals surface area contributed by atoms with Gasteiger partial charge < -0.3 is 29.2 Å². The average molecular weight is 508 g/mol. The number of allylic oxidation sites excluding steroid dienone is 4. The van der Waals surface area contributed by atoms with Crippen LogP contribution in [-0.4, -0.2) is 69.0 Å². The van der Waals surface area contributed by atoms with Crippen LogP contribution in [0.5, 0.6) is 34.5 Å². The molecule has 8 nitrogen and oxygen atoms in total. The average Bonchev–Trinajstić information content (AvgIpc) is 2.91. The maximum absolute atomic E-state index is 13.2. The summed E-state index contributed by atoms with van der Waals surface area (Å²) in [6.07, 6.45) is 10.9. The van der Waals surface area contributed by atoms with E-state index in [9.17, 15) is 15.0 Å². The van der Waals surface area contributed by atoms with Crippen LogP contribution in [0.2, 0.25) is 0 Å². The summed E-state index contributed by atoms with van der Waals surface area (Å²) in [7, 11) is 5.89. The summed E-state index contributed by atoms with van der Waals surface area (Å²) in [5, 5.41) is 20.2. The lowest BCUT2D eigenvalue weighted by Gasteiger charge is -2.28. The van der Waals surface area contributed by atoms with Crippen molar-refractivity contribution >= 4 is 17.9 Å². The topological polar surface area (TPSA) is 97.7 Å². The number of phenols is 2. The highest BCUT2D eigenvalue weighted by molar-refractivity contribution is 6.10. The predicted molar refractivity (Wildman–Crippen MR) is 144 cm³/mol. The molecule has 8 heteroatoms. The largest absolute Gasteiger partial charge is 0.502 e. The fourth-order valence-electron chi connectivity index (χ4n) is 3.94. The lowest BCUT2D eigenvalue weighted by Crippen LogP contribution is -2.37. The first-order valence-electron chi connectivity index (χ1n) is 11.8. The van der Waals surface area contributed by atoms with Crippen LogP contribution in [0.15, 0.2) is 59.7 Å². The fourth-order valence-corrected chi connectivity index (χ4v) is 3.94. The minimum Gasteiger partial charge on any atom is -0.502 e. The molecular weight excluding hydrogens is 474 g/mol. The third-order valence-corrected chi connectivity index (χ3v) is 5.99. The monoisotopic (exact) mass is 507 g/mol. The maximum atomic E-state index is 13.2. The van der Waals surface area contributed by atoms with E-state index >= 15 is 0 Å². The maximum Gasteiger partial charge on any atom is 0.200 e. The van der Waals surface area contributed by atoms with Crippen molar-refractivity contribution in [2.75, 3.05) is 48.1 Å². The summed E-state index contributed by atoms with van der Waals surface area (Å²) in [5.41, 5.74) is 2.87. The van der Waals surface area contributed by atoms with Gasteiger partial charge in [-0.1, -0.05) is 43.4 Å². The van der Waals surface area contributed by atoms with Crippen molar-refractivity contribution in [1.82, 2.24) is 4.90 Å². The van der Waals surface area contributed by atoms with E-state index in [1.165, 1.54) is 28.4 Å². The number of Topliss-reactive ketones (excluding diaryl/α,β-unsaturated/α-hetero) is 1. The molecule has 1 fully saturated rings. The number of ether oxygens (including phenoxy) is 4. The molecule has 2 aromatic rings. The van der Waals surface area contributed by atoms with Crippen molar-refractivity contribution < 1.29 is 34.0 Å². The molecule has 0 bridgehead atoms. The van der Waals surface area contributed by atoms with Crippen molar-refractivity contribution in [3.05, 3.63) is 70.8 Å². The minimum absolute atomic E-state index is 0.0132. The Balaban J connectivity index is 1.84. The second kappa shape index (κ2) is 12.7. The summed E-state index contributed by atoms with van der Waals surface area (Å²) < 4.78 is 20.8. The molecule has 196 valence electrons. The van der Waals surface area contributed by atoms with Gasteiger partial charge in [0.25, 0.3) is 0 Å². The number of nitrogens with zero attached hydrogens (tertiary/aromatic N) is 1. The molecule has 1 heterocycles. The predicted octanol–water partition coefficient (Wildman–Crippen LogP) is 4.62. The molecule has 1 aliphatic heterocycles. The number of methoxy groups -OCH3 is 4. The molecule has 0 radical (unpaired) electrons. The van der Waals surface area contributed by atoms with E-state index in [1.807, 2.05) is 24.3 Å². The Morgan fingerprint density at radius 2 is 1.08 bits per heavy atom. The molecule has 0 aromatic heterocycles. The van der Waals surface area contributed by atoms with Crippen LogP contribution >= 0.6 is 0 Å². The molecule has 37 heavy (non-hydrogen) atoms. The molecule has 1 saturated heterocycles. The number of phenolic OH excluding ortho intramolecular Hbond substituents is 2. The van der Waals surface area contributed by atoms with Gasteiger partial charge in [-0.2, -0.15) is 0 Å². The molecule has 0 atom stereocenters. The first-order chi connectivity index (χ1) is 17.8. The number of hydrogen-bond donors (Lipinski definition) is 2. The number of benzene rings is 2. The van der Waals surface area contributed by atoms with Crippen LogP contribution in [0.4, 0.5) is 0 Å². The van der Waals surface area contributed by atoms with Gasteiger partial charge >= 0.3 is 0 Å². The Kier molecular flexibility index (Phi) is 9.40. The lowest BCUT2D eigenvalue weighted by molar-refractivity contribution is -0.113. The minimum atomic E-state index is -0.0615. The zero-order valence-electron chi connectivity index (χ0n) is 21.8. The van der Waals surface area contributed by atoms with Gasteiger partial charge in [-0.25, -0.2) is 0 Å². The van der Waals surface area contributed by atoms with Gasteiger partial charge in [-0.3, -0.25) is 9.69 Å². The number of carbonyl (C=O) groups is 1. The molecular formula is C29H33NO7. The van der Waals surface area contributed by atoms with E-state index < -0.39 is 0 Å². The molecule has 0 spiro atoms. The van der Waals surface area contributed by atoms with Crippen molar-refractivity contribution in [2.45, 2.75) is 6.92 Å². The third kappa shape index (κ3) is 6.54. The fraction of sp³-hybridized carbons (Fsp3) is 0.276. The summed E-state index contributed by atoms with van der Waals surface area (Å²) in [6.45, 7) is 3.96. The molecule has 1 aliphatic rings.